The van der Waals surface area contributed by atoms with Gasteiger partial charge in [-0.3, -0.25) is 10.1 Å². The Balaban J connectivity index is 3.28. The van der Waals surface area contributed by atoms with E-state index < -0.39 is 11.6 Å². The van der Waals surface area contributed by atoms with Gasteiger partial charge in [-0.05, 0) is 0 Å². The third-order valence-electron chi connectivity index (χ3n) is 1.47. The molecule has 0 unspecified atom stereocenters. The van der Waals surface area contributed by atoms with Crippen molar-refractivity contribution in [1.29, 1.82) is 0 Å². The van der Waals surface area contributed by atoms with E-state index in [9.17, 15) is 14.5 Å². The van der Waals surface area contributed by atoms with Crippen LogP contribution in [0.25, 0.3) is 0 Å². The average Bonchev–Trinajstić information content (AvgIpc) is 2.03. The molecule has 13 heavy (non-hydrogen) atoms. The Morgan fingerprint density at radius 1 is 1.38 bits per heavy atom. The number of hydrogen-bond acceptors (Lipinski definition) is 2. The predicted octanol–water partition coefficient (Wildman–Crippen LogP) is 3.37. The maximum absolute atomic E-state index is 12.2. The Kier molecular flexibility index (Phi) is 3.06. The second kappa shape index (κ2) is 3.89. The Bertz CT molecular complexity index is 333. The van der Waals surface area contributed by atoms with Crippen molar-refractivity contribution in [3.05, 3.63) is 37.9 Å². The van der Waals surface area contributed by atoms with Gasteiger partial charge < -0.3 is 0 Å². The van der Waals surface area contributed by atoms with Crippen molar-refractivity contribution in [3.63, 3.8) is 0 Å². The van der Waals surface area contributed by atoms with Crippen molar-refractivity contribution < 1.29 is 9.31 Å². The van der Waals surface area contributed by atoms with Crippen LogP contribution in [0.5, 0.6) is 0 Å². The van der Waals surface area contributed by atoms with Crippen molar-refractivity contribution >= 4 is 28.9 Å². The highest BCUT2D eigenvalue weighted by Crippen LogP contribution is 2.30. The van der Waals surface area contributed by atoms with Crippen molar-refractivity contribution in [1.82, 2.24) is 0 Å². The van der Waals surface area contributed by atoms with Gasteiger partial charge in [0.25, 0.3) is 5.69 Å². The molecule has 0 N–H and O–H groups in total. The summed E-state index contributed by atoms with van der Waals surface area (Å²) < 4.78 is 12.2. The lowest BCUT2D eigenvalue weighted by Gasteiger charge is -2.01. The molecule has 1 aromatic rings. The molecule has 0 aliphatic heterocycles. The van der Waals surface area contributed by atoms with Crippen molar-refractivity contribution in [2.24, 2.45) is 0 Å². The van der Waals surface area contributed by atoms with E-state index >= 15 is 0 Å². The Hall–Kier alpha value is -0.870. The number of nitro groups is 1. The fraction of sp³-hybridized carbons (Fsp3) is 0.143. The number of hydrogen-bond donors (Lipinski definition) is 0. The van der Waals surface area contributed by atoms with Gasteiger partial charge in [-0.1, -0.05) is 23.2 Å². The summed E-state index contributed by atoms with van der Waals surface area (Å²) in [6, 6.07) is 2.14. The molecule has 1 aromatic carbocycles. The molecule has 0 saturated heterocycles. The van der Waals surface area contributed by atoms with Crippen LogP contribution in [0.1, 0.15) is 5.56 Å². The summed E-state index contributed by atoms with van der Waals surface area (Å²) >= 11 is 11.1. The SMILES string of the molecule is O=[N+]([O-])c1cc(Cl)c(CF)c(Cl)c1. The molecule has 0 aliphatic carbocycles. The van der Waals surface area contributed by atoms with Gasteiger partial charge in [0.2, 0.25) is 0 Å². The van der Waals surface area contributed by atoms with Crippen LogP contribution in [0.3, 0.4) is 0 Å². The first-order chi connectivity index (χ1) is 6.06. The highest BCUT2D eigenvalue weighted by Gasteiger charge is 2.13. The largest absolute Gasteiger partial charge is 0.272 e. The Morgan fingerprint density at radius 3 is 2.15 bits per heavy atom. The van der Waals surface area contributed by atoms with Crippen LogP contribution < -0.4 is 0 Å². The van der Waals surface area contributed by atoms with E-state index in [-0.39, 0.29) is 21.3 Å². The fourth-order valence-corrected chi connectivity index (χ4v) is 1.40. The molecule has 0 aliphatic rings. The monoisotopic (exact) mass is 223 g/mol. The van der Waals surface area contributed by atoms with Gasteiger partial charge in [0.1, 0.15) is 6.67 Å². The molecule has 0 bridgehead atoms. The maximum atomic E-state index is 12.2. The minimum Gasteiger partial charge on any atom is -0.258 e. The lowest BCUT2D eigenvalue weighted by Crippen LogP contribution is -1.91. The van der Waals surface area contributed by atoms with Gasteiger partial charge in [0.15, 0.2) is 0 Å². The summed E-state index contributed by atoms with van der Waals surface area (Å²) in [7, 11) is 0. The third-order valence-corrected chi connectivity index (χ3v) is 2.14. The fourth-order valence-electron chi connectivity index (χ4n) is 0.823. The molecule has 0 atom stereocenters. The topological polar surface area (TPSA) is 43.1 Å². The second-order valence-corrected chi connectivity index (χ2v) is 3.09. The van der Waals surface area contributed by atoms with E-state index in [1.807, 2.05) is 0 Å². The summed E-state index contributed by atoms with van der Waals surface area (Å²) in [6.07, 6.45) is 0. The van der Waals surface area contributed by atoms with E-state index in [2.05, 4.69) is 0 Å². The molecule has 6 heteroatoms. The normalized spacial score (nSPS) is 10.1. The van der Waals surface area contributed by atoms with Crippen LogP contribution in [0.4, 0.5) is 10.1 Å². The molecular formula is C7H4Cl2FNO2. The Morgan fingerprint density at radius 2 is 1.85 bits per heavy atom. The highest BCUT2D eigenvalue weighted by atomic mass is 35.5. The van der Waals surface area contributed by atoms with Crippen LogP contribution in [0, 0.1) is 10.1 Å². The van der Waals surface area contributed by atoms with Crippen molar-refractivity contribution in [3.8, 4) is 0 Å². The average molecular weight is 224 g/mol. The predicted molar refractivity (Wildman–Crippen MR) is 47.9 cm³/mol. The summed E-state index contributed by atoms with van der Waals surface area (Å²) in [5.41, 5.74) is -0.166. The van der Waals surface area contributed by atoms with Crippen LogP contribution >= 0.6 is 23.2 Å². The highest BCUT2D eigenvalue weighted by molar-refractivity contribution is 6.36. The van der Waals surface area contributed by atoms with E-state index in [1.165, 1.54) is 0 Å². The van der Waals surface area contributed by atoms with E-state index in [1.54, 1.807) is 0 Å². The number of benzene rings is 1. The quantitative estimate of drug-likeness (QED) is 0.570. The molecule has 0 radical (unpaired) electrons. The van der Waals surface area contributed by atoms with Gasteiger partial charge in [0.05, 0.1) is 15.0 Å². The molecule has 0 fully saturated rings. The van der Waals surface area contributed by atoms with Crippen LogP contribution in [-0.4, -0.2) is 4.92 Å². The number of non-ortho nitro benzene ring substituents is 1. The number of halogens is 3. The zero-order valence-corrected chi connectivity index (χ0v) is 7.77. The number of nitrogens with zero attached hydrogens (tertiary/aromatic N) is 1. The summed E-state index contributed by atoms with van der Waals surface area (Å²) in [5.74, 6) is 0. The molecular weight excluding hydrogens is 220 g/mol. The van der Waals surface area contributed by atoms with Crippen LogP contribution in [-0.2, 0) is 6.67 Å². The third kappa shape index (κ3) is 2.08. The molecule has 70 valence electrons. The van der Waals surface area contributed by atoms with E-state index in [4.69, 9.17) is 23.2 Å². The van der Waals surface area contributed by atoms with Gasteiger partial charge in [-0.2, -0.15) is 0 Å². The van der Waals surface area contributed by atoms with Gasteiger partial charge in [-0.25, -0.2) is 4.39 Å². The number of nitro benzene ring substituents is 1. The van der Waals surface area contributed by atoms with Gasteiger partial charge in [0, 0.05) is 17.7 Å². The number of rotatable bonds is 2. The van der Waals surface area contributed by atoms with Crippen molar-refractivity contribution in [2.45, 2.75) is 6.67 Å². The lowest BCUT2D eigenvalue weighted by molar-refractivity contribution is -0.384. The molecule has 0 saturated carbocycles. The molecule has 0 amide bonds. The standard InChI is InChI=1S/C7H4Cl2FNO2/c8-6-1-4(11(12)13)2-7(9)5(6)3-10/h1-2H,3H2. The minimum atomic E-state index is -0.838. The smallest absolute Gasteiger partial charge is 0.258 e. The summed E-state index contributed by atoms with van der Waals surface area (Å²) in [6.45, 7) is -0.838. The first kappa shape index (κ1) is 10.2. The van der Waals surface area contributed by atoms with Crippen molar-refractivity contribution in [2.75, 3.05) is 0 Å². The minimum absolute atomic E-state index is 0.0262. The van der Waals surface area contributed by atoms with Gasteiger partial charge in [-0.15, -0.1) is 0 Å². The first-order valence-electron chi connectivity index (χ1n) is 3.24. The molecule has 0 aromatic heterocycles. The summed E-state index contributed by atoms with van der Waals surface area (Å²) in [4.78, 5) is 9.66. The summed E-state index contributed by atoms with van der Waals surface area (Å²) in [5, 5.41) is 10.2. The molecule has 0 heterocycles. The van der Waals surface area contributed by atoms with E-state index in [0.717, 1.165) is 12.1 Å². The lowest BCUT2D eigenvalue weighted by atomic mass is 10.2. The zero-order chi connectivity index (χ0) is 10.0. The van der Waals surface area contributed by atoms with Crippen LogP contribution in [0.15, 0.2) is 12.1 Å². The molecule has 3 nitrogen and oxygen atoms in total. The van der Waals surface area contributed by atoms with Gasteiger partial charge >= 0.3 is 0 Å². The Labute approximate surface area is 83.2 Å². The molecule has 0 spiro atoms. The van der Waals surface area contributed by atoms with E-state index in [0.29, 0.717) is 0 Å². The van der Waals surface area contributed by atoms with Crippen LogP contribution in [0.2, 0.25) is 10.0 Å². The first-order valence-corrected chi connectivity index (χ1v) is 4.00. The zero-order valence-electron chi connectivity index (χ0n) is 6.26. The second-order valence-electron chi connectivity index (χ2n) is 2.28. The molecule has 1 rings (SSSR count). The maximum Gasteiger partial charge on any atom is 0.272 e. The number of alkyl halides is 1.